The van der Waals surface area contributed by atoms with Crippen LogP contribution in [0.25, 0.3) is 21.8 Å². The van der Waals surface area contributed by atoms with E-state index in [1.165, 1.54) is 9.54 Å². The zero-order chi connectivity index (χ0) is 27.3. The van der Waals surface area contributed by atoms with Gasteiger partial charge in [-0.3, -0.25) is 4.79 Å². The van der Waals surface area contributed by atoms with E-state index in [1.54, 1.807) is 55.0 Å². The molecule has 0 spiro atoms. The average molecular weight is 552 g/mol. The molecule has 1 saturated carbocycles. The van der Waals surface area contributed by atoms with Crippen molar-refractivity contribution in [2.45, 2.75) is 36.5 Å². The van der Waals surface area contributed by atoms with E-state index in [1.807, 2.05) is 23.1 Å². The van der Waals surface area contributed by atoms with E-state index in [-0.39, 0.29) is 10.8 Å². The summed E-state index contributed by atoms with van der Waals surface area (Å²) in [7, 11) is -3.70. The fraction of sp³-hybridized carbons (Fsp3) is 0.258. The molecule has 1 N–H and O–H groups in total. The normalized spacial score (nSPS) is 19.1. The molecular formula is C31H29N5O3S. The molecule has 40 heavy (non-hydrogen) atoms. The fourth-order valence-corrected chi connectivity index (χ4v) is 7.34. The van der Waals surface area contributed by atoms with Crippen molar-refractivity contribution in [3.63, 3.8) is 0 Å². The van der Waals surface area contributed by atoms with Gasteiger partial charge in [-0.1, -0.05) is 24.3 Å². The Balaban J connectivity index is 1.13. The number of carbonyl (C=O) groups is 1. The summed E-state index contributed by atoms with van der Waals surface area (Å²) in [5, 5.41) is 5.13. The van der Waals surface area contributed by atoms with Crippen LogP contribution in [0.4, 0.5) is 11.5 Å². The highest BCUT2D eigenvalue weighted by atomic mass is 32.2. The molecule has 3 heterocycles. The standard InChI is InChI=1S/C31H29N5O3S/c37-31(35-13-4-5-14-35)24-16-23(17-24)21-8-10-28-27(19-21)30(33-20-32-28)34-25-9-11-29-22(18-25)12-15-36(29)40(38,39)26-6-2-1-3-7-26/h1-3,6-12,15,18-20,23-24H,4-5,13-14,16-17H2,(H,32,33,34). The molecule has 202 valence electrons. The minimum atomic E-state index is -3.70. The summed E-state index contributed by atoms with van der Waals surface area (Å²) in [6.45, 7) is 1.81. The summed E-state index contributed by atoms with van der Waals surface area (Å²) in [5.74, 6) is 1.50. The first-order valence-corrected chi connectivity index (χ1v) is 15.1. The number of likely N-dealkylation sites (tertiary alicyclic amines) is 1. The van der Waals surface area contributed by atoms with Crippen LogP contribution in [-0.2, 0) is 14.8 Å². The van der Waals surface area contributed by atoms with Gasteiger partial charge in [0.2, 0.25) is 5.91 Å². The number of anilines is 2. The van der Waals surface area contributed by atoms with E-state index in [0.29, 0.717) is 23.2 Å². The molecule has 2 fully saturated rings. The van der Waals surface area contributed by atoms with Gasteiger partial charge in [0.05, 0.1) is 15.9 Å². The van der Waals surface area contributed by atoms with Crippen LogP contribution in [0.15, 0.2) is 90.2 Å². The number of hydrogen-bond donors (Lipinski definition) is 1. The summed E-state index contributed by atoms with van der Waals surface area (Å²) >= 11 is 0. The summed E-state index contributed by atoms with van der Waals surface area (Å²) in [5.41, 5.74) is 3.45. The lowest BCUT2D eigenvalue weighted by molar-refractivity contribution is -0.137. The van der Waals surface area contributed by atoms with E-state index in [0.717, 1.165) is 60.7 Å². The Labute approximate surface area is 232 Å². The van der Waals surface area contributed by atoms with Gasteiger partial charge < -0.3 is 10.2 Å². The lowest BCUT2D eigenvalue weighted by Gasteiger charge is -2.37. The predicted octanol–water partition coefficient (Wildman–Crippen LogP) is 5.68. The van der Waals surface area contributed by atoms with Gasteiger partial charge in [-0.2, -0.15) is 0 Å². The number of nitrogens with zero attached hydrogens (tertiary/aromatic N) is 4. The Kier molecular flexibility index (Phi) is 6.04. The maximum atomic E-state index is 13.2. The molecule has 7 rings (SSSR count). The fourth-order valence-electron chi connectivity index (χ4n) is 5.96. The molecule has 2 aromatic heterocycles. The van der Waals surface area contributed by atoms with Crippen LogP contribution in [0.2, 0.25) is 0 Å². The summed E-state index contributed by atoms with van der Waals surface area (Å²) in [6, 6.07) is 22.1. The SMILES string of the molecule is O=C(C1CC(c2ccc3ncnc(Nc4ccc5c(ccn5S(=O)(=O)c5ccccc5)c4)c3c2)C1)N1CCCC1. The van der Waals surface area contributed by atoms with Crippen LogP contribution in [0.1, 0.15) is 37.2 Å². The first-order chi connectivity index (χ1) is 19.5. The van der Waals surface area contributed by atoms with Gasteiger partial charge in [0.25, 0.3) is 10.0 Å². The monoisotopic (exact) mass is 551 g/mol. The Morgan fingerprint density at radius 3 is 2.50 bits per heavy atom. The molecule has 0 unspecified atom stereocenters. The van der Waals surface area contributed by atoms with E-state index in [2.05, 4.69) is 27.4 Å². The maximum absolute atomic E-state index is 13.2. The third-order valence-electron chi connectivity index (χ3n) is 8.25. The lowest BCUT2D eigenvalue weighted by atomic mass is 9.70. The summed E-state index contributed by atoms with van der Waals surface area (Å²) in [4.78, 5) is 24.0. The number of aromatic nitrogens is 3. The van der Waals surface area contributed by atoms with Crippen molar-refractivity contribution < 1.29 is 13.2 Å². The van der Waals surface area contributed by atoms with E-state index in [4.69, 9.17) is 0 Å². The topological polar surface area (TPSA) is 97.2 Å². The van der Waals surface area contributed by atoms with Crippen molar-refractivity contribution in [1.82, 2.24) is 18.8 Å². The van der Waals surface area contributed by atoms with Crippen LogP contribution in [0, 0.1) is 5.92 Å². The Morgan fingerprint density at radius 2 is 1.70 bits per heavy atom. The zero-order valence-corrected chi connectivity index (χ0v) is 22.7. The van der Waals surface area contributed by atoms with Crippen molar-refractivity contribution in [3.05, 3.63) is 90.9 Å². The highest BCUT2D eigenvalue weighted by molar-refractivity contribution is 7.90. The highest BCUT2D eigenvalue weighted by Crippen LogP contribution is 2.44. The van der Waals surface area contributed by atoms with Crippen molar-refractivity contribution in [2.75, 3.05) is 18.4 Å². The zero-order valence-electron chi connectivity index (χ0n) is 21.9. The van der Waals surface area contributed by atoms with Gasteiger partial charge >= 0.3 is 0 Å². The third kappa shape index (κ3) is 4.30. The minimum absolute atomic E-state index is 0.133. The molecule has 0 radical (unpaired) electrons. The first kappa shape index (κ1) is 24.8. The first-order valence-electron chi connectivity index (χ1n) is 13.7. The van der Waals surface area contributed by atoms with Crippen molar-refractivity contribution >= 4 is 49.2 Å². The average Bonchev–Trinajstić information content (AvgIpc) is 3.64. The Morgan fingerprint density at radius 1 is 0.900 bits per heavy atom. The van der Waals surface area contributed by atoms with Crippen molar-refractivity contribution in [1.29, 1.82) is 0 Å². The number of fused-ring (bicyclic) bond motifs is 2. The minimum Gasteiger partial charge on any atom is -0.342 e. The number of benzene rings is 3. The molecule has 0 bridgehead atoms. The van der Waals surface area contributed by atoms with Crippen LogP contribution >= 0.6 is 0 Å². The number of rotatable bonds is 6. The van der Waals surface area contributed by atoms with Gasteiger partial charge in [-0.05, 0) is 85.7 Å². The summed E-state index contributed by atoms with van der Waals surface area (Å²) < 4.78 is 27.7. The van der Waals surface area contributed by atoms with Crippen LogP contribution in [0.5, 0.6) is 0 Å². The molecule has 2 aliphatic rings. The number of carbonyl (C=O) groups excluding carboxylic acids is 1. The van der Waals surface area contributed by atoms with Crippen molar-refractivity contribution in [2.24, 2.45) is 5.92 Å². The number of amides is 1. The Hall–Kier alpha value is -4.24. The van der Waals surface area contributed by atoms with Gasteiger partial charge in [-0.15, -0.1) is 0 Å². The van der Waals surface area contributed by atoms with Gasteiger partial charge in [0, 0.05) is 41.7 Å². The Bertz CT molecular complexity index is 1840. The van der Waals surface area contributed by atoms with E-state index < -0.39 is 10.0 Å². The number of nitrogens with one attached hydrogen (secondary N) is 1. The molecule has 3 aromatic carbocycles. The molecule has 1 amide bonds. The van der Waals surface area contributed by atoms with E-state index >= 15 is 0 Å². The second kappa shape index (κ2) is 9.75. The lowest BCUT2D eigenvalue weighted by Crippen LogP contribution is -2.39. The van der Waals surface area contributed by atoms with Crippen LogP contribution in [0.3, 0.4) is 0 Å². The molecule has 5 aromatic rings. The molecule has 0 atom stereocenters. The third-order valence-corrected chi connectivity index (χ3v) is 9.96. The summed E-state index contributed by atoms with van der Waals surface area (Å²) in [6.07, 6.45) is 7.14. The predicted molar refractivity (Wildman–Crippen MR) is 155 cm³/mol. The molecule has 1 aliphatic heterocycles. The van der Waals surface area contributed by atoms with Crippen LogP contribution in [-0.4, -0.2) is 46.3 Å². The molecule has 1 aliphatic carbocycles. The molecule has 1 saturated heterocycles. The van der Waals surface area contributed by atoms with Gasteiger partial charge in [-0.25, -0.2) is 22.4 Å². The second-order valence-corrected chi connectivity index (χ2v) is 12.5. The molecule has 8 nitrogen and oxygen atoms in total. The van der Waals surface area contributed by atoms with Crippen LogP contribution < -0.4 is 5.32 Å². The quantitative estimate of drug-likeness (QED) is 0.292. The maximum Gasteiger partial charge on any atom is 0.268 e. The van der Waals surface area contributed by atoms with Gasteiger partial charge in [0.15, 0.2) is 0 Å². The number of hydrogen-bond acceptors (Lipinski definition) is 6. The van der Waals surface area contributed by atoms with E-state index in [9.17, 15) is 13.2 Å². The largest absolute Gasteiger partial charge is 0.342 e. The molecular weight excluding hydrogens is 522 g/mol. The van der Waals surface area contributed by atoms with Gasteiger partial charge in [0.1, 0.15) is 12.1 Å². The molecule has 9 heteroatoms. The second-order valence-electron chi connectivity index (χ2n) is 10.7. The van der Waals surface area contributed by atoms with Crippen molar-refractivity contribution in [3.8, 4) is 0 Å². The highest BCUT2D eigenvalue weighted by Gasteiger charge is 2.38. The smallest absolute Gasteiger partial charge is 0.268 e.